The molecule has 0 saturated carbocycles. The van der Waals surface area contributed by atoms with Crippen LogP contribution in [0.3, 0.4) is 0 Å². The Morgan fingerprint density at radius 3 is 2.24 bits per heavy atom. The van der Waals surface area contributed by atoms with E-state index in [1.165, 1.54) is 43.5 Å². The van der Waals surface area contributed by atoms with Crippen LogP contribution in [0.5, 0.6) is 11.5 Å². The van der Waals surface area contributed by atoms with Crippen molar-refractivity contribution in [2.75, 3.05) is 12.4 Å². The second kappa shape index (κ2) is 13.0. The topological polar surface area (TPSA) is 149 Å². The minimum Gasteiger partial charge on any atom is -0.496 e. The SMILES string of the molecule is COc1ccc(Cl)cc1C(=O)Oc1ccc([N+](=O)[O-])cc1/C=N/NC(=O)c1ccc(NC(=O)c2ccccc2)cc1. The van der Waals surface area contributed by atoms with Gasteiger partial charge in [-0.3, -0.25) is 19.7 Å². The van der Waals surface area contributed by atoms with Gasteiger partial charge in [0.2, 0.25) is 0 Å². The average molecular weight is 573 g/mol. The number of nitro benzene ring substituents is 1. The lowest BCUT2D eigenvalue weighted by Gasteiger charge is -2.10. The Kier molecular flexibility index (Phi) is 9.02. The number of ether oxygens (including phenoxy) is 2. The highest BCUT2D eigenvalue weighted by Gasteiger charge is 2.19. The monoisotopic (exact) mass is 572 g/mol. The van der Waals surface area contributed by atoms with E-state index >= 15 is 0 Å². The van der Waals surface area contributed by atoms with Gasteiger partial charge >= 0.3 is 5.97 Å². The molecule has 4 rings (SSSR count). The highest BCUT2D eigenvalue weighted by Crippen LogP contribution is 2.27. The van der Waals surface area contributed by atoms with Gasteiger partial charge in [-0.25, -0.2) is 10.2 Å². The molecule has 2 amide bonds. The number of benzene rings is 4. The van der Waals surface area contributed by atoms with Crippen LogP contribution in [0, 0.1) is 10.1 Å². The second-order valence-corrected chi connectivity index (χ2v) is 8.75. The van der Waals surface area contributed by atoms with E-state index in [1.54, 1.807) is 42.5 Å². The summed E-state index contributed by atoms with van der Waals surface area (Å²) < 4.78 is 10.6. The Morgan fingerprint density at radius 2 is 1.56 bits per heavy atom. The highest BCUT2D eigenvalue weighted by atomic mass is 35.5. The first-order valence-corrected chi connectivity index (χ1v) is 12.3. The molecule has 0 aromatic heterocycles. The summed E-state index contributed by atoms with van der Waals surface area (Å²) >= 11 is 5.99. The Hall–Kier alpha value is -5.55. The largest absolute Gasteiger partial charge is 0.496 e. The predicted molar refractivity (Wildman–Crippen MR) is 152 cm³/mol. The molecular weight excluding hydrogens is 552 g/mol. The van der Waals surface area contributed by atoms with Crippen LogP contribution >= 0.6 is 11.6 Å². The van der Waals surface area contributed by atoms with Gasteiger partial charge in [-0.1, -0.05) is 29.8 Å². The molecule has 0 radical (unpaired) electrons. The number of halogens is 1. The summed E-state index contributed by atoms with van der Waals surface area (Å²) in [5.41, 5.74) is 3.33. The minimum absolute atomic E-state index is 0.0398. The minimum atomic E-state index is -0.823. The maximum atomic E-state index is 12.8. The summed E-state index contributed by atoms with van der Waals surface area (Å²) in [6.45, 7) is 0. The van der Waals surface area contributed by atoms with E-state index in [1.807, 2.05) is 0 Å². The van der Waals surface area contributed by atoms with E-state index in [0.29, 0.717) is 11.3 Å². The van der Waals surface area contributed by atoms with Crippen molar-refractivity contribution in [3.05, 3.63) is 128 Å². The van der Waals surface area contributed by atoms with E-state index in [-0.39, 0.29) is 44.8 Å². The molecule has 2 N–H and O–H groups in total. The maximum Gasteiger partial charge on any atom is 0.347 e. The fraction of sp³-hybridized carbons (Fsp3) is 0.0345. The lowest BCUT2D eigenvalue weighted by atomic mass is 10.1. The summed E-state index contributed by atoms with van der Waals surface area (Å²) in [4.78, 5) is 48.4. The molecule has 0 aliphatic carbocycles. The quantitative estimate of drug-likeness (QED) is 0.0884. The molecule has 4 aromatic rings. The first kappa shape index (κ1) is 28.5. The van der Waals surface area contributed by atoms with Crippen molar-refractivity contribution in [1.82, 2.24) is 5.43 Å². The first-order chi connectivity index (χ1) is 19.7. The van der Waals surface area contributed by atoms with Gasteiger partial charge in [0.15, 0.2) is 0 Å². The third-order valence-electron chi connectivity index (χ3n) is 5.60. The predicted octanol–water partition coefficient (Wildman–Crippen LogP) is 5.49. The zero-order chi connectivity index (χ0) is 29.4. The molecule has 0 atom stereocenters. The summed E-state index contributed by atoms with van der Waals surface area (Å²) in [5.74, 6) is -1.55. The fourth-order valence-corrected chi connectivity index (χ4v) is 3.73. The van der Waals surface area contributed by atoms with E-state index in [9.17, 15) is 24.5 Å². The number of hydrazone groups is 1. The normalized spacial score (nSPS) is 10.6. The molecule has 0 unspecified atom stereocenters. The van der Waals surface area contributed by atoms with Gasteiger partial charge in [-0.2, -0.15) is 5.10 Å². The van der Waals surface area contributed by atoms with Crippen LogP contribution < -0.4 is 20.2 Å². The first-order valence-electron chi connectivity index (χ1n) is 11.9. The molecule has 0 heterocycles. The van der Waals surface area contributed by atoms with Crippen LogP contribution in [0.15, 0.2) is 96.1 Å². The molecule has 0 spiro atoms. The number of rotatable bonds is 9. The zero-order valence-corrected chi connectivity index (χ0v) is 22.1. The number of methoxy groups -OCH3 is 1. The average Bonchev–Trinajstić information content (AvgIpc) is 2.98. The number of nitrogens with one attached hydrogen (secondary N) is 2. The second-order valence-electron chi connectivity index (χ2n) is 8.31. The van der Waals surface area contributed by atoms with Crippen LogP contribution in [0.2, 0.25) is 5.02 Å². The van der Waals surface area contributed by atoms with Crippen LogP contribution in [0.25, 0.3) is 0 Å². The van der Waals surface area contributed by atoms with Crippen molar-refractivity contribution >= 4 is 47.0 Å². The lowest BCUT2D eigenvalue weighted by molar-refractivity contribution is -0.384. The van der Waals surface area contributed by atoms with Crippen molar-refractivity contribution in [3.8, 4) is 11.5 Å². The summed E-state index contributed by atoms with van der Waals surface area (Å²) in [5, 5.41) is 18.2. The molecule has 41 heavy (non-hydrogen) atoms. The van der Waals surface area contributed by atoms with Crippen LogP contribution in [0.4, 0.5) is 11.4 Å². The van der Waals surface area contributed by atoms with Gasteiger partial charge in [0.1, 0.15) is 17.1 Å². The number of hydrogen-bond acceptors (Lipinski definition) is 8. The Morgan fingerprint density at radius 1 is 0.878 bits per heavy atom. The third-order valence-corrected chi connectivity index (χ3v) is 5.83. The van der Waals surface area contributed by atoms with Gasteiger partial charge in [0.25, 0.3) is 17.5 Å². The molecule has 0 bridgehead atoms. The number of esters is 1. The van der Waals surface area contributed by atoms with Crippen molar-refractivity contribution in [1.29, 1.82) is 0 Å². The number of nitrogens with zero attached hydrogens (tertiary/aromatic N) is 2. The van der Waals surface area contributed by atoms with Gasteiger partial charge < -0.3 is 14.8 Å². The smallest absolute Gasteiger partial charge is 0.347 e. The molecule has 0 aliphatic heterocycles. The highest BCUT2D eigenvalue weighted by molar-refractivity contribution is 6.31. The number of amides is 2. The molecule has 11 nitrogen and oxygen atoms in total. The van der Waals surface area contributed by atoms with Crippen LogP contribution in [-0.2, 0) is 0 Å². The van der Waals surface area contributed by atoms with Crippen molar-refractivity contribution in [2.45, 2.75) is 0 Å². The van der Waals surface area contributed by atoms with Gasteiger partial charge in [0, 0.05) is 39.5 Å². The molecule has 12 heteroatoms. The van der Waals surface area contributed by atoms with Crippen LogP contribution in [0.1, 0.15) is 36.6 Å². The summed E-state index contributed by atoms with van der Waals surface area (Å²) in [6.07, 6.45) is 1.11. The molecule has 4 aromatic carbocycles. The Labute approximate surface area is 238 Å². The van der Waals surface area contributed by atoms with Gasteiger partial charge in [-0.15, -0.1) is 0 Å². The Bertz CT molecular complexity index is 1640. The summed E-state index contributed by atoms with van der Waals surface area (Å²) in [7, 11) is 1.38. The lowest BCUT2D eigenvalue weighted by Crippen LogP contribution is -2.18. The third kappa shape index (κ3) is 7.31. The zero-order valence-electron chi connectivity index (χ0n) is 21.4. The van der Waals surface area contributed by atoms with Crippen molar-refractivity contribution < 1.29 is 28.8 Å². The molecule has 206 valence electrons. The number of hydrogen-bond donors (Lipinski definition) is 2. The summed E-state index contributed by atoms with van der Waals surface area (Å²) in [6, 6.07) is 22.7. The molecule has 0 saturated heterocycles. The number of nitro groups is 1. The van der Waals surface area contributed by atoms with Crippen LogP contribution in [-0.4, -0.2) is 36.0 Å². The van der Waals surface area contributed by atoms with E-state index in [2.05, 4.69) is 15.8 Å². The number of carbonyl (C=O) groups is 3. The number of non-ortho nitro benzene ring substituents is 1. The van der Waals surface area contributed by atoms with E-state index < -0.39 is 16.8 Å². The van der Waals surface area contributed by atoms with Crippen molar-refractivity contribution in [3.63, 3.8) is 0 Å². The molecular formula is C29H21ClN4O7. The van der Waals surface area contributed by atoms with Crippen molar-refractivity contribution in [2.24, 2.45) is 5.10 Å². The van der Waals surface area contributed by atoms with Gasteiger partial charge in [-0.05, 0) is 60.7 Å². The maximum absolute atomic E-state index is 12.8. The fourth-order valence-electron chi connectivity index (χ4n) is 3.56. The molecule has 0 fully saturated rings. The van der Waals surface area contributed by atoms with E-state index in [4.69, 9.17) is 21.1 Å². The standard InChI is InChI=1S/C29H21ClN4O7/c1-40-26-13-9-21(30)16-24(26)29(37)41-25-14-12-23(34(38)39)15-20(25)17-31-33-28(36)19-7-10-22(11-8-19)32-27(35)18-5-3-2-4-6-18/h2-17H,1H3,(H,32,35)(H,33,36)/b31-17+. The molecule has 0 aliphatic rings. The number of anilines is 1. The van der Waals surface area contributed by atoms with E-state index in [0.717, 1.165) is 18.3 Å². The Balaban J connectivity index is 1.46. The van der Waals surface area contributed by atoms with Gasteiger partial charge in [0.05, 0.1) is 18.2 Å². The number of carbonyl (C=O) groups excluding carboxylic acids is 3.